The lowest BCUT2D eigenvalue weighted by Gasteiger charge is -2.34. The lowest BCUT2D eigenvalue weighted by molar-refractivity contribution is 0.134. The molecule has 0 aromatic heterocycles. The maximum atomic E-state index is 12.3. The maximum Gasteiger partial charge on any atom is 0.317 e. The van der Waals surface area contributed by atoms with Crippen LogP contribution in [-0.4, -0.2) is 55.7 Å². The molecule has 0 aliphatic carbocycles. The highest BCUT2D eigenvalue weighted by Crippen LogP contribution is 2.19. The van der Waals surface area contributed by atoms with Gasteiger partial charge in [-0.05, 0) is 18.1 Å². The molecule has 5 nitrogen and oxygen atoms in total. The first-order valence-corrected chi connectivity index (χ1v) is 9.17. The van der Waals surface area contributed by atoms with E-state index in [-0.39, 0.29) is 6.03 Å². The molecule has 0 unspecified atom stereocenters. The largest absolute Gasteiger partial charge is 0.496 e. The molecule has 1 N–H and O–H groups in total. The SMILES string of the molecule is COc1ccccc1CN1CCN(C(=O)NCCc2ccccc2)CC1. The highest BCUT2D eigenvalue weighted by Gasteiger charge is 2.21. The Kier molecular flexibility index (Phi) is 6.50. The zero-order valence-electron chi connectivity index (χ0n) is 15.4. The van der Waals surface area contributed by atoms with Crippen LogP contribution < -0.4 is 10.1 Å². The third-order valence-electron chi connectivity index (χ3n) is 4.78. The van der Waals surface area contributed by atoms with Gasteiger partial charge in [0.25, 0.3) is 0 Å². The molecule has 138 valence electrons. The number of nitrogens with one attached hydrogen (secondary N) is 1. The molecule has 5 heteroatoms. The zero-order valence-corrected chi connectivity index (χ0v) is 15.4. The van der Waals surface area contributed by atoms with E-state index in [1.165, 1.54) is 11.1 Å². The van der Waals surface area contributed by atoms with Crippen LogP contribution in [0.4, 0.5) is 4.79 Å². The third kappa shape index (κ3) is 4.99. The maximum absolute atomic E-state index is 12.3. The number of ether oxygens (including phenoxy) is 1. The quantitative estimate of drug-likeness (QED) is 0.869. The van der Waals surface area contributed by atoms with Gasteiger partial charge in [-0.1, -0.05) is 48.5 Å². The fraction of sp³-hybridized carbons (Fsp3) is 0.381. The van der Waals surface area contributed by atoms with Crippen molar-refractivity contribution in [2.24, 2.45) is 0 Å². The van der Waals surface area contributed by atoms with Crippen molar-refractivity contribution in [2.75, 3.05) is 39.8 Å². The fourth-order valence-electron chi connectivity index (χ4n) is 3.25. The van der Waals surface area contributed by atoms with Gasteiger partial charge in [0, 0.05) is 44.8 Å². The summed E-state index contributed by atoms with van der Waals surface area (Å²) in [5.74, 6) is 0.925. The predicted molar refractivity (Wildman–Crippen MR) is 103 cm³/mol. The Morgan fingerprint density at radius 1 is 1.00 bits per heavy atom. The average Bonchev–Trinajstić information content (AvgIpc) is 2.70. The Bertz CT molecular complexity index is 697. The molecule has 26 heavy (non-hydrogen) atoms. The van der Waals surface area contributed by atoms with E-state index in [4.69, 9.17) is 4.74 Å². The van der Waals surface area contributed by atoms with Crippen molar-refractivity contribution in [2.45, 2.75) is 13.0 Å². The van der Waals surface area contributed by atoms with Gasteiger partial charge in [-0.2, -0.15) is 0 Å². The summed E-state index contributed by atoms with van der Waals surface area (Å²) in [7, 11) is 1.70. The second kappa shape index (κ2) is 9.25. The van der Waals surface area contributed by atoms with Crippen LogP contribution in [0.5, 0.6) is 5.75 Å². The van der Waals surface area contributed by atoms with E-state index in [0.717, 1.165) is 44.9 Å². The van der Waals surface area contributed by atoms with Crippen LogP contribution in [0.25, 0.3) is 0 Å². The minimum Gasteiger partial charge on any atom is -0.496 e. The van der Waals surface area contributed by atoms with Crippen molar-refractivity contribution >= 4 is 6.03 Å². The molecular weight excluding hydrogens is 326 g/mol. The van der Waals surface area contributed by atoms with E-state index in [0.29, 0.717) is 6.54 Å². The molecule has 3 rings (SSSR count). The highest BCUT2D eigenvalue weighted by atomic mass is 16.5. The van der Waals surface area contributed by atoms with Crippen LogP contribution in [0.3, 0.4) is 0 Å². The summed E-state index contributed by atoms with van der Waals surface area (Å²) in [6, 6.07) is 18.4. The van der Waals surface area contributed by atoms with Gasteiger partial charge in [-0.25, -0.2) is 4.79 Å². The Morgan fingerprint density at radius 3 is 2.42 bits per heavy atom. The van der Waals surface area contributed by atoms with Gasteiger partial charge in [0.1, 0.15) is 5.75 Å². The topological polar surface area (TPSA) is 44.8 Å². The van der Waals surface area contributed by atoms with Crippen LogP contribution in [0.15, 0.2) is 54.6 Å². The summed E-state index contributed by atoms with van der Waals surface area (Å²) in [5.41, 5.74) is 2.44. The number of para-hydroxylation sites is 1. The number of methoxy groups -OCH3 is 1. The first kappa shape index (κ1) is 18.3. The van der Waals surface area contributed by atoms with Gasteiger partial charge in [0.05, 0.1) is 7.11 Å². The highest BCUT2D eigenvalue weighted by molar-refractivity contribution is 5.74. The Labute approximate surface area is 155 Å². The summed E-state index contributed by atoms with van der Waals surface area (Å²) in [5, 5.41) is 3.03. The lowest BCUT2D eigenvalue weighted by Crippen LogP contribution is -2.51. The van der Waals surface area contributed by atoms with Crippen molar-refractivity contribution < 1.29 is 9.53 Å². The van der Waals surface area contributed by atoms with Gasteiger partial charge in [-0.15, -0.1) is 0 Å². The second-order valence-corrected chi connectivity index (χ2v) is 6.54. The lowest BCUT2D eigenvalue weighted by atomic mass is 10.1. The number of hydrogen-bond donors (Lipinski definition) is 1. The second-order valence-electron chi connectivity index (χ2n) is 6.54. The van der Waals surface area contributed by atoms with Gasteiger partial charge in [-0.3, -0.25) is 4.90 Å². The Morgan fingerprint density at radius 2 is 1.69 bits per heavy atom. The van der Waals surface area contributed by atoms with Gasteiger partial charge >= 0.3 is 6.03 Å². The molecular formula is C21H27N3O2. The Hall–Kier alpha value is -2.53. The molecule has 1 saturated heterocycles. The van der Waals surface area contributed by atoms with Gasteiger partial charge in [0.15, 0.2) is 0 Å². The molecule has 1 heterocycles. The number of rotatable bonds is 6. The molecule has 2 amide bonds. The normalized spacial score (nSPS) is 14.9. The molecule has 0 bridgehead atoms. The molecule has 0 atom stereocenters. The van der Waals surface area contributed by atoms with E-state index >= 15 is 0 Å². The van der Waals surface area contributed by atoms with E-state index in [2.05, 4.69) is 28.4 Å². The van der Waals surface area contributed by atoms with Crippen molar-refractivity contribution in [3.05, 3.63) is 65.7 Å². The number of carbonyl (C=O) groups is 1. The number of amides is 2. The molecule has 2 aromatic carbocycles. The van der Waals surface area contributed by atoms with Crippen molar-refractivity contribution in [1.82, 2.24) is 15.1 Å². The minimum absolute atomic E-state index is 0.0397. The Balaban J connectivity index is 1.41. The molecule has 1 fully saturated rings. The average molecular weight is 353 g/mol. The van der Waals surface area contributed by atoms with Gasteiger partial charge in [0.2, 0.25) is 0 Å². The summed E-state index contributed by atoms with van der Waals surface area (Å²) >= 11 is 0. The van der Waals surface area contributed by atoms with E-state index in [1.54, 1.807) is 7.11 Å². The number of hydrogen-bond acceptors (Lipinski definition) is 3. The number of nitrogens with zero attached hydrogens (tertiary/aromatic N) is 2. The molecule has 0 radical (unpaired) electrons. The van der Waals surface area contributed by atoms with Gasteiger partial charge < -0.3 is 15.0 Å². The smallest absolute Gasteiger partial charge is 0.317 e. The number of carbonyl (C=O) groups excluding carboxylic acids is 1. The fourth-order valence-corrected chi connectivity index (χ4v) is 3.25. The molecule has 0 spiro atoms. The minimum atomic E-state index is 0.0397. The summed E-state index contributed by atoms with van der Waals surface area (Å²) in [4.78, 5) is 16.6. The molecule has 0 saturated carbocycles. The van der Waals surface area contributed by atoms with Crippen LogP contribution in [-0.2, 0) is 13.0 Å². The van der Waals surface area contributed by atoms with E-state index in [1.807, 2.05) is 41.3 Å². The number of piperazine rings is 1. The van der Waals surface area contributed by atoms with E-state index in [9.17, 15) is 4.79 Å². The third-order valence-corrected chi connectivity index (χ3v) is 4.78. The monoisotopic (exact) mass is 353 g/mol. The number of urea groups is 1. The molecule has 1 aliphatic heterocycles. The van der Waals surface area contributed by atoms with Crippen LogP contribution in [0.2, 0.25) is 0 Å². The zero-order chi connectivity index (χ0) is 18.2. The van der Waals surface area contributed by atoms with Crippen molar-refractivity contribution in [1.29, 1.82) is 0 Å². The first-order valence-electron chi connectivity index (χ1n) is 9.17. The summed E-state index contributed by atoms with van der Waals surface area (Å²) in [6.45, 7) is 4.80. The van der Waals surface area contributed by atoms with Crippen LogP contribution >= 0.6 is 0 Å². The van der Waals surface area contributed by atoms with Crippen molar-refractivity contribution in [3.63, 3.8) is 0 Å². The standard InChI is InChI=1S/C21H27N3O2/c1-26-20-10-6-5-9-19(20)17-23-13-15-24(16-14-23)21(25)22-12-11-18-7-3-2-4-8-18/h2-10H,11-17H2,1H3,(H,22,25). The predicted octanol–water partition coefficient (Wildman–Crippen LogP) is 2.77. The summed E-state index contributed by atoms with van der Waals surface area (Å²) in [6.07, 6.45) is 0.861. The van der Waals surface area contributed by atoms with Crippen LogP contribution in [0.1, 0.15) is 11.1 Å². The van der Waals surface area contributed by atoms with Crippen molar-refractivity contribution in [3.8, 4) is 5.75 Å². The van der Waals surface area contributed by atoms with Crippen LogP contribution in [0, 0.1) is 0 Å². The first-order chi connectivity index (χ1) is 12.8. The van der Waals surface area contributed by atoms with E-state index < -0.39 is 0 Å². The number of benzene rings is 2. The summed E-state index contributed by atoms with van der Waals surface area (Å²) < 4.78 is 5.43. The molecule has 2 aromatic rings. The molecule has 1 aliphatic rings.